The molecule has 0 fully saturated rings. The van der Waals surface area contributed by atoms with Crippen LogP contribution in [0.2, 0.25) is 0 Å². The van der Waals surface area contributed by atoms with Gasteiger partial charge in [0.1, 0.15) is 5.82 Å². The standard InChI is InChI=1S/C11H11N5/c1-16-10(12)5-9(15-16)7-3-2-4-8-11(7)14-6-13-8/h2-6H,12H2,1H3,(H,13,14). The van der Waals surface area contributed by atoms with Gasteiger partial charge in [0.25, 0.3) is 0 Å². The molecule has 0 saturated heterocycles. The molecule has 0 amide bonds. The second kappa shape index (κ2) is 3.10. The summed E-state index contributed by atoms with van der Waals surface area (Å²) in [6.45, 7) is 0. The van der Waals surface area contributed by atoms with Crippen molar-refractivity contribution in [2.45, 2.75) is 0 Å². The van der Waals surface area contributed by atoms with E-state index in [-0.39, 0.29) is 0 Å². The molecule has 0 radical (unpaired) electrons. The van der Waals surface area contributed by atoms with Gasteiger partial charge in [0.05, 0.1) is 23.1 Å². The summed E-state index contributed by atoms with van der Waals surface area (Å²) in [7, 11) is 1.82. The van der Waals surface area contributed by atoms with E-state index in [1.54, 1.807) is 11.0 Å². The zero-order valence-corrected chi connectivity index (χ0v) is 8.81. The molecule has 3 aromatic rings. The van der Waals surface area contributed by atoms with E-state index in [4.69, 9.17) is 5.73 Å². The zero-order valence-electron chi connectivity index (χ0n) is 8.81. The Labute approximate surface area is 91.9 Å². The third-order valence-corrected chi connectivity index (χ3v) is 2.64. The van der Waals surface area contributed by atoms with Gasteiger partial charge >= 0.3 is 0 Å². The third-order valence-electron chi connectivity index (χ3n) is 2.64. The summed E-state index contributed by atoms with van der Waals surface area (Å²) in [6, 6.07) is 7.80. The molecule has 0 spiro atoms. The summed E-state index contributed by atoms with van der Waals surface area (Å²) in [4.78, 5) is 7.36. The second-order valence-electron chi connectivity index (χ2n) is 3.68. The normalized spacial score (nSPS) is 11.1. The Morgan fingerprint density at radius 2 is 2.25 bits per heavy atom. The number of para-hydroxylation sites is 1. The first kappa shape index (κ1) is 8.96. The fraction of sp³-hybridized carbons (Fsp3) is 0.0909. The van der Waals surface area contributed by atoms with Crippen LogP contribution in [0.3, 0.4) is 0 Å². The lowest BCUT2D eigenvalue weighted by Gasteiger charge is -1.97. The maximum absolute atomic E-state index is 5.77. The van der Waals surface area contributed by atoms with E-state index in [1.807, 2.05) is 31.3 Å². The molecular weight excluding hydrogens is 202 g/mol. The fourth-order valence-electron chi connectivity index (χ4n) is 1.79. The van der Waals surface area contributed by atoms with Crippen molar-refractivity contribution < 1.29 is 0 Å². The first-order chi connectivity index (χ1) is 7.75. The van der Waals surface area contributed by atoms with E-state index in [1.165, 1.54) is 0 Å². The maximum atomic E-state index is 5.77. The van der Waals surface area contributed by atoms with Gasteiger partial charge in [-0.1, -0.05) is 12.1 Å². The van der Waals surface area contributed by atoms with E-state index >= 15 is 0 Å². The van der Waals surface area contributed by atoms with E-state index in [9.17, 15) is 0 Å². The minimum absolute atomic E-state index is 0.641. The molecule has 16 heavy (non-hydrogen) atoms. The Morgan fingerprint density at radius 1 is 1.38 bits per heavy atom. The first-order valence-corrected chi connectivity index (χ1v) is 4.97. The van der Waals surface area contributed by atoms with Crippen LogP contribution in [-0.2, 0) is 7.05 Å². The van der Waals surface area contributed by atoms with Crippen molar-refractivity contribution in [3.63, 3.8) is 0 Å². The quantitative estimate of drug-likeness (QED) is 0.644. The smallest absolute Gasteiger partial charge is 0.121 e. The highest BCUT2D eigenvalue weighted by Gasteiger charge is 2.09. The highest BCUT2D eigenvalue weighted by molar-refractivity contribution is 5.90. The summed E-state index contributed by atoms with van der Waals surface area (Å²) < 4.78 is 1.65. The number of aryl methyl sites for hydroxylation is 1. The van der Waals surface area contributed by atoms with Gasteiger partial charge in [-0.3, -0.25) is 4.68 Å². The average molecular weight is 213 g/mol. The molecule has 5 heteroatoms. The molecule has 0 aliphatic rings. The molecule has 0 aliphatic carbocycles. The van der Waals surface area contributed by atoms with Gasteiger partial charge in [-0.15, -0.1) is 0 Å². The van der Waals surface area contributed by atoms with Crippen molar-refractivity contribution in [2.24, 2.45) is 7.05 Å². The number of H-pyrrole nitrogens is 1. The summed E-state index contributed by atoms with van der Waals surface area (Å²) in [6.07, 6.45) is 1.68. The Kier molecular flexibility index (Phi) is 1.73. The van der Waals surface area contributed by atoms with E-state index in [0.29, 0.717) is 5.82 Å². The molecule has 3 N–H and O–H groups in total. The molecular formula is C11H11N5. The number of anilines is 1. The van der Waals surface area contributed by atoms with Crippen molar-refractivity contribution in [1.82, 2.24) is 19.7 Å². The number of aromatic nitrogens is 4. The summed E-state index contributed by atoms with van der Waals surface area (Å²) in [5.74, 6) is 0.641. The van der Waals surface area contributed by atoms with Crippen LogP contribution in [-0.4, -0.2) is 19.7 Å². The minimum Gasteiger partial charge on any atom is -0.384 e. The largest absolute Gasteiger partial charge is 0.384 e. The molecule has 0 saturated carbocycles. The lowest BCUT2D eigenvalue weighted by Crippen LogP contribution is -1.96. The number of aromatic amines is 1. The Balaban J connectivity index is 2.29. The predicted octanol–water partition coefficient (Wildman–Crippen LogP) is 1.55. The first-order valence-electron chi connectivity index (χ1n) is 4.97. The topological polar surface area (TPSA) is 72.5 Å². The van der Waals surface area contributed by atoms with Crippen LogP contribution >= 0.6 is 0 Å². The number of nitrogens with zero attached hydrogens (tertiary/aromatic N) is 3. The van der Waals surface area contributed by atoms with Crippen LogP contribution in [0, 0.1) is 0 Å². The molecule has 2 heterocycles. The monoisotopic (exact) mass is 213 g/mol. The van der Waals surface area contributed by atoms with Gasteiger partial charge in [-0.25, -0.2) is 4.98 Å². The predicted molar refractivity (Wildman–Crippen MR) is 62.7 cm³/mol. The van der Waals surface area contributed by atoms with Gasteiger partial charge in [0, 0.05) is 18.7 Å². The lowest BCUT2D eigenvalue weighted by atomic mass is 10.1. The lowest BCUT2D eigenvalue weighted by molar-refractivity contribution is 0.782. The minimum atomic E-state index is 0.641. The highest BCUT2D eigenvalue weighted by Crippen LogP contribution is 2.26. The highest BCUT2D eigenvalue weighted by atomic mass is 15.3. The summed E-state index contributed by atoms with van der Waals surface area (Å²) in [5, 5.41) is 4.35. The molecule has 0 atom stereocenters. The van der Waals surface area contributed by atoms with E-state index < -0.39 is 0 Å². The van der Waals surface area contributed by atoms with Gasteiger partial charge in [-0.2, -0.15) is 5.10 Å². The number of nitrogens with one attached hydrogen (secondary N) is 1. The molecule has 2 aromatic heterocycles. The molecule has 0 unspecified atom stereocenters. The molecule has 0 aliphatic heterocycles. The van der Waals surface area contributed by atoms with Crippen molar-refractivity contribution in [3.8, 4) is 11.3 Å². The van der Waals surface area contributed by atoms with Crippen molar-refractivity contribution in [3.05, 3.63) is 30.6 Å². The number of fused-ring (bicyclic) bond motifs is 1. The average Bonchev–Trinajstić information content (AvgIpc) is 2.85. The number of nitrogens with two attached hydrogens (primary N) is 1. The van der Waals surface area contributed by atoms with Crippen molar-refractivity contribution in [1.29, 1.82) is 0 Å². The summed E-state index contributed by atoms with van der Waals surface area (Å²) in [5.41, 5.74) is 9.53. The van der Waals surface area contributed by atoms with Crippen molar-refractivity contribution >= 4 is 16.9 Å². The number of benzene rings is 1. The third kappa shape index (κ3) is 1.18. The van der Waals surface area contributed by atoms with Gasteiger partial charge in [0.15, 0.2) is 0 Å². The van der Waals surface area contributed by atoms with Crippen LogP contribution in [0.5, 0.6) is 0 Å². The maximum Gasteiger partial charge on any atom is 0.121 e. The van der Waals surface area contributed by atoms with Crippen LogP contribution in [0.4, 0.5) is 5.82 Å². The zero-order chi connectivity index (χ0) is 11.1. The van der Waals surface area contributed by atoms with Gasteiger partial charge in [-0.05, 0) is 6.07 Å². The number of imidazole rings is 1. The van der Waals surface area contributed by atoms with Crippen LogP contribution in [0.15, 0.2) is 30.6 Å². The summed E-state index contributed by atoms with van der Waals surface area (Å²) >= 11 is 0. The van der Waals surface area contributed by atoms with Gasteiger partial charge in [0.2, 0.25) is 0 Å². The molecule has 0 bridgehead atoms. The number of hydrogen-bond donors (Lipinski definition) is 2. The molecule has 3 rings (SSSR count). The SMILES string of the molecule is Cn1nc(-c2cccc3[nH]cnc23)cc1N. The Morgan fingerprint density at radius 3 is 3.00 bits per heavy atom. The van der Waals surface area contributed by atoms with Crippen LogP contribution in [0.25, 0.3) is 22.3 Å². The van der Waals surface area contributed by atoms with E-state index in [2.05, 4.69) is 15.1 Å². The van der Waals surface area contributed by atoms with Crippen LogP contribution < -0.4 is 5.73 Å². The molecule has 1 aromatic carbocycles. The van der Waals surface area contributed by atoms with Crippen LogP contribution in [0.1, 0.15) is 0 Å². The fourth-order valence-corrected chi connectivity index (χ4v) is 1.79. The molecule has 80 valence electrons. The number of nitrogen functional groups attached to an aromatic ring is 1. The number of rotatable bonds is 1. The van der Waals surface area contributed by atoms with E-state index in [0.717, 1.165) is 22.3 Å². The van der Waals surface area contributed by atoms with Crippen molar-refractivity contribution in [2.75, 3.05) is 5.73 Å². The van der Waals surface area contributed by atoms with Gasteiger partial charge < -0.3 is 10.7 Å². The Hall–Kier alpha value is -2.30. The second-order valence-corrected chi connectivity index (χ2v) is 3.68. The molecule has 5 nitrogen and oxygen atoms in total. The Bertz CT molecular complexity index is 630. The number of hydrogen-bond acceptors (Lipinski definition) is 3.